The van der Waals surface area contributed by atoms with Crippen molar-refractivity contribution in [3.05, 3.63) is 47.8 Å². The van der Waals surface area contributed by atoms with Gasteiger partial charge < -0.3 is 19.4 Å². The molecule has 1 N–H and O–H groups in total. The molecule has 10 nitrogen and oxygen atoms in total. The van der Waals surface area contributed by atoms with Crippen molar-refractivity contribution < 1.29 is 9.53 Å². The van der Waals surface area contributed by atoms with E-state index < -0.39 is 0 Å². The number of nitrogens with one attached hydrogen (secondary N) is 1. The van der Waals surface area contributed by atoms with Gasteiger partial charge in [0, 0.05) is 62.8 Å². The van der Waals surface area contributed by atoms with Crippen LogP contribution in [0.3, 0.4) is 0 Å². The molecule has 216 valence electrons. The third-order valence-electron chi connectivity index (χ3n) is 9.55. The lowest BCUT2D eigenvalue weighted by atomic mass is 10.0. The van der Waals surface area contributed by atoms with Gasteiger partial charge in [0.25, 0.3) is 0 Å². The van der Waals surface area contributed by atoms with E-state index in [-0.39, 0.29) is 5.91 Å². The van der Waals surface area contributed by atoms with Gasteiger partial charge in [-0.15, -0.1) is 0 Å². The van der Waals surface area contributed by atoms with Crippen LogP contribution in [0.15, 0.2) is 31.0 Å². The number of hydrogen-bond acceptors (Lipinski definition) is 8. The van der Waals surface area contributed by atoms with Gasteiger partial charge in [-0.05, 0) is 62.7 Å². The van der Waals surface area contributed by atoms with Crippen molar-refractivity contribution in [2.45, 2.75) is 51.6 Å². The molecular weight excluding hydrogens is 516 g/mol. The Morgan fingerprint density at radius 3 is 2.80 bits per heavy atom. The van der Waals surface area contributed by atoms with Crippen molar-refractivity contribution >= 4 is 28.3 Å². The van der Waals surface area contributed by atoms with Crippen LogP contribution in [-0.4, -0.2) is 94.3 Å². The van der Waals surface area contributed by atoms with Crippen LogP contribution in [0.1, 0.15) is 42.5 Å². The summed E-state index contributed by atoms with van der Waals surface area (Å²) in [5, 5.41) is 8.55. The predicted molar refractivity (Wildman–Crippen MR) is 159 cm³/mol. The van der Waals surface area contributed by atoms with Crippen LogP contribution in [0.5, 0.6) is 6.01 Å². The van der Waals surface area contributed by atoms with E-state index in [9.17, 15) is 4.79 Å². The molecule has 1 aromatic carbocycles. The predicted octanol–water partition coefficient (Wildman–Crippen LogP) is 3.31. The summed E-state index contributed by atoms with van der Waals surface area (Å²) in [6, 6.07) is 5.50. The number of rotatable bonds is 8. The number of fused-ring (bicyclic) bond motifs is 4. The second-order valence-electron chi connectivity index (χ2n) is 12.0. The second-order valence-corrected chi connectivity index (χ2v) is 12.0. The summed E-state index contributed by atoms with van der Waals surface area (Å²) < 4.78 is 6.26. The third-order valence-corrected chi connectivity index (χ3v) is 9.55. The molecule has 10 heteroatoms. The number of amides is 1. The first-order valence-electron chi connectivity index (χ1n) is 15.2. The minimum atomic E-state index is -0.0101. The zero-order valence-electron chi connectivity index (χ0n) is 24.0. The van der Waals surface area contributed by atoms with E-state index >= 15 is 0 Å². The summed E-state index contributed by atoms with van der Waals surface area (Å²) in [5.41, 5.74) is 5.70. The number of ether oxygens (including phenoxy) is 1. The summed E-state index contributed by atoms with van der Waals surface area (Å²) >= 11 is 0. The number of nitrogens with zero attached hydrogens (tertiary/aromatic N) is 7. The van der Waals surface area contributed by atoms with Crippen LogP contribution in [0.2, 0.25) is 0 Å². The Morgan fingerprint density at radius 1 is 1.15 bits per heavy atom. The quantitative estimate of drug-likeness (QED) is 0.334. The number of aromatic nitrogens is 4. The summed E-state index contributed by atoms with van der Waals surface area (Å²) in [4.78, 5) is 31.4. The van der Waals surface area contributed by atoms with E-state index in [0.717, 1.165) is 73.4 Å². The summed E-state index contributed by atoms with van der Waals surface area (Å²) in [5.74, 6) is 1.86. The highest BCUT2D eigenvalue weighted by Gasteiger charge is 2.37. The number of hydrogen-bond donors (Lipinski definition) is 1. The minimum Gasteiger partial charge on any atom is -0.463 e. The fourth-order valence-electron chi connectivity index (χ4n) is 7.44. The highest BCUT2D eigenvalue weighted by molar-refractivity contribution is 5.93. The molecule has 1 aliphatic carbocycles. The maximum atomic E-state index is 12.2. The molecule has 1 saturated carbocycles. The normalized spacial score (nSPS) is 22.4. The van der Waals surface area contributed by atoms with Crippen molar-refractivity contribution in [3.63, 3.8) is 0 Å². The van der Waals surface area contributed by atoms with Crippen LogP contribution in [0, 0.1) is 12.8 Å². The lowest BCUT2D eigenvalue weighted by Gasteiger charge is -2.38. The van der Waals surface area contributed by atoms with Crippen molar-refractivity contribution in [2.24, 2.45) is 5.92 Å². The van der Waals surface area contributed by atoms with E-state index in [1.807, 2.05) is 11.1 Å². The molecule has 2 saturated heterocycles. The van der Waals surface area contributed by atoms with E-state index in [0.29, 0.717) is 32.3 Å². The molecule has 7 rings (SSSR count). The van der Waals surface area contributed by atoms with E-state index in [1.165, 1.54) is 48.7 Å². The molecule has 3 aromatic rings. The topological polar surface area (TPSA) is 93.7 Å². The number of carbonyl (C=O) groups is 1. The molecule has 0 unspecified atom stereocenters. The largest absolute Gasteiger partial charge is 0.463 e. The number of H-pyrrole nitrogens is 1. The molecule has 41 heavy (non-hydrogen) atoms. The first-order valence-corrected chi connectivity index (χ1v) is 15.2. The van der Waals surface area contributed by atoms with Gasteiger partial charge in [0.2, 0.25) is 5.91 Å². The average molecular weight is 557 g/mol. The SMILES string of the molecule is C=CC(=O)N1CCN(c2nc(OCCCN3C[C@H]4CC[C@@H]3C4)nc3c2CCN(c2c(C)ccc4[nH]ncc24)C3)CC1. The number of benzene rings is 1. The molecule has 4 aliphatic rings. The standard InChI is InChI=1S/C31H40N8O2/c1-3-28(40)36-12-14-37(15-13-36)30-24-9-11-39(29-21(2)5-8-26-25(29)18-32-35-26)20-27(24)33-31(34-30)41-16-4-10-38-19-22-6-7-23(38)17-22/h3,5,8,18,22-23H,1,4,6-7,9-17,19-20H2,2H3,(H,32,35)/t22-,23+/m0/s1. The summed E-state index contributed by atoms with van der Waals surface area (Å²) in [6.45, 7) is 13.1. The van der Waals surface area contributed by atoms with Gasteiger partial charge in [-0.3, -0.25) is 14.8 Å². The van der Waals surface area contributed by atoms with E-state index in [4.69, 9.17) is 14.7 Å². The first kappa shape index (κ1) is 26.3. The number of piperidine rings is 1. The lowest BCUT2D eigenvalue weighted by Crippen LogP contribution is -2.49. The number of aryl methyl sites for hydroxylation is 1. The Kier molecular flexibility index (Phi) is 7.02. The van der Waals surface area contributed by atoms with Crippen LogP contribution in [-0.2, 0) is 17.8 Å². The molecule has 2 bridgehead atoms. The first-order chi connectivity index (χ1) is 20.1. The van der Waals surface area contributed by atoms with Gasteiger partial charge in [-0.25, -0.2) is 0 Å². The van der Waals surface area contributed by atoms with E-state index in [1.54, 1.807) is 0 Å². The van der Waals surface area contributed by atoms with Crippen LogP contribution >= 0.6 is 0 Å². The van der Waals surface area contributed by atoms with Gasteiger partial charge in [-0.2, -0.15) is 15.1 Å². The molecule has 5 heterocycles. The van der Waals surface area contributed by atoms with Gasteiger partial charge in [0.15, 0.2) is 0 Å². The molecule has 3 aliphatic heterocycles. The van der Waals surface area contributed by atoms with Gasteiger partial charge in [0.05, 0.1) is 36.2 Å². The zero-order chi connectivity index (χ0) is 27.9. The van der Waals surface area contributed by atoms with Crippen molar-refractivity contribution in [2.75, 3.05) is 62.2 Å². The maximum absolute atomic E-state index is 12.2. The van der Waals surface area contributed by atoms with Crippen molar-refractivity contribution in [3.8, 4) is 6.01 Å². The van der Waals surface area contributed by atoms with Gasteiger partial charge in [-0.1, -0.05) is 12.6 Å². The molecule has 0 spiro atoms. The Hall–Kier alpha value is -3.66. The lowest BCUT2D eigenvalue weighted by molar-refractivity contribution is -0.126. The monoisotopic (exact) mass is 556 g/mol. The molecule has 0 radical (unpaired) electrons. The number of carbonyl (C=O) groups excluding carboxylic acids is 1. The fraction of sp³-hybridized carbons (Fsp3) is 0.548. The molecule has 2 aromatic heterocycles. The second kappa shape index (κ2) is 11.0. The highest BCUT2D eigenvalue weighted by atomic mass is 16.5. The third kappa shape index (κ3) is 5.03. The Morgan fingerprint density at radius 2 is 2.02 bits per heavy atom. The Labute approximate surface area is 241 Å². The number of piperazine rings is 1. The minimum absolute atomic E-state index is 0.0101. The zero-order valence-corrected chi connectivity index (χ0v) is 24.0. The highest BCUT2D eigenvalue weighted by Crippen LogP contribution is 2.38. The van der Waals surface area contributed by atoms with E-state index in [2.05, 4.69) is 50.5 Å². The van der Waals surface area contributed by atoms with Gasteiger partial charge >= 0.3 is 6.01 Å². The Balaban J connectivity index is 1.12. The molecule has 3 fully saturated rings. The summed E-state index contributed by atoms with van der Waals surface area (Å²) in [6.07, 6.45) is 9.30. The van der Waals surface area contributed by atoms with Crippen LogP contribution < -0.4 is 14.5 Å². The average Bonchev–Trinajstić information content (AvgIpc) is 3.76. The van der Waals surface area contributed by atoms with Crippen molar-refractivity contribution in [1.29, 1.82) is 0 Å². The number of anilines is 2. The smallest absolute Gasteiger partial charge is 0.318 e. The number of aromatic amines is 1. The van der Waals surface area contributed by atoms with Crippen LogP contribution in [0.25, 0.3) is 10.9 Å². The maximum Gasteiger partial charge on any atom is 0.318 e. The fourth-order valence-corrected chi connectivity index (χ4v) is 7.44. The summed E-state index contributed by atoms with van der Waals surface area (Å²) in [7, 11) is 0. The van der Waals surface area contributed by atoms with Crippen LogP contribution in [0.4, 0.5) is 11.5 Å². The number of likely N-dealkylation sites (tertiary alicyclic amines) is 1. The van der Waals surface area contributed by atoms with Gasteiger partial charge in [0.1, 0.15) is 5.82 Å². The Bertz CT molecular complexity index is 1450. The molecule has 1 amide bonds. The molecule has 2 atom stereocenters. The molecular formula is C31H40N8O2. The van der Waals surface area contributed by atoms with Crippen molar-refractivity contribution in [1.82, 2.24) is 30.0 Å².